The predicted octanol–water partition coefficient (Wildman–Crippen LogP) is 5.15. The second-order valence-corrected chi connectivity index (χ2v) is 8.26. The van der Waals surface area contributed by atoms with Crippen molar-refractivity contribution < 1.29 is 18.8 Å². The molecule has 33 heavy (non-hydrogen) atoms. The molecule has 0 saturated carbocycles. The fraction of sp³-hybridized carbons (Fsp3) is 0.160. The van der Waals surface area contributed by atoms with E-state index in [2.05, 4.69) is 5.32 Å². The molecule has 0 radical (unpaired) electrons. The van der Waals surface area contributed by atoms with Gasteiger partial charge in [0.2, 0.25) is 5.91 Å². The van der Waals surface area contributed by atoms with Gasteiger partial charge >= 0.3 is 6.03 Å². The second kappa shape index (κ2) is 9.42. The van der Waals surface area contributed by atoms with Gasteiger partial charge in [0.1, 0.15) is 11.9 Å². The fourth-order valence-electron chi connectivity index (χ4n) is 3.73. The van der Waals surface area contributed by atoms with Gasteiger partial charge in [-0.05, 0) is 66.6 Å². The SMILES string of the molecule is Cc1cccc(N2C(=O)[C@@H](CC(=O)Nc3ccc(Cl)cc3)N(Cc3ccc(F)cc3)C2=O)c1. The normalized spacial score (nSPS) is 15.8. The van der Waals surface area contributed by atoms with E-state index < -0.39 is 29.7 Å². The molecule has 1 atom stereocenters. The zero-order valence-corrected chi connectivity index (χ0v) is 18.6. The summed E-state index contributed by atoms with van der Waals surface area (Å²) in [5.41, 5.74) is 2.50. The van der Waals surface area contributed by atoms with Crippen molar-refractivity contribution in [3.05, 3.63) is 94.8 Å². The summed E-state index contributed by atoms with van der Waals surface area (Å²) in [6.07, 6.45) is -0.225. The third-order valence-corrected chi connectivity index (χ3v) is 5.60. The third kappa shape index (κ3) is 5.04. The Morgan fingerprint density at radius 1 is 1.03 bits per heavy atom. The first-order valence-corrected chi connectivity index (χ1v) is 10.7. The summed E-state index contributed by atoms with van der Waals surface area (Å²) in [6.45, 7) is 1.92. The van der Waals surface area contributed by atoms with Crippen LogP contribution in [0.3, 0.4) is 0 Å². The number of aryl methyl sites for hydroxylation is 1. The minimum absolute atomic E-state index is 0.0616. The number of amides is 4. The summed E-state index contributed by atoms with van der Waals surface area (Å²) in [6, 6.07) is 17.8. The average molecular weight is 466 g/mol. The number of halogens is 2. The smallest absolute Gasteiger partial charge is 0.326 e. The molecule has 0 aromatic heterocycles. The van der Waals surface area contributed by atoms with E-state index in [4.69, 9.17) is 11.6 Å². The monoisotopic (exact) mass is 465 g/mol. The summed E-state index contributed by atoms with van der Waals surface area (Å²) in [4.78, 5) is 41.8. The number of imide groups is 1. The standard InChI is InChI=1S/C25H21ClFN3O3/c1-16-3-2-4-21(13-16)30-24(32)22(14-23(31)28-20-11-7-18(26)8-12-20)29(25(30)33)15-17-5-9-19(27)10-6-17/h2-13,22H,14-15H2,1H3,(H,28,31)/t22-/m1/s1. The predicted molar refractivity (Wildman–Crippen MR) is 124 cm³/mol. The first kappa shape index (κ1) is 22.5. The van der Waals surface area contributed by atoms with Gasteiger partial charge in [0.25, 0.3) is 5.91 Å². The second-order valence-electron chi connectivity index (χ2n) is 7.82. The van der Waals surface area contributed by atoms with Crippen molar-refractivity contribution in [2.24, 2.45) is 0 Å². The Bertz CT molecular complexity index is 1200. The van der Waals surface area contributed by atoms with Gasteiger partial charge in [-0.25, -0.2) is 14.1 Å². The van der Waals surface area contributed by atoms with Gasteiger partial charge in [-0.2, -0.15) is 0 Å². The molecule has 1 N–H and O–H groups in total. The van der Waals surface area contributed by atoms with Crippen LogP contribution in [0.25, 0.3) is 0 Å². The van der Waals surface area contributed by atoms with Crippen LogP contribution in [0.4, 0.5) is 20.6 Å². The molecule has 4 rings (SSSR count). The van der Waals surface area contributed by atoms with Crippen LogP contribution in [0.2, 0.25) is 5.02 Å². The molecule has 0 unspecified atom stereocenters. The van der Waals surface area contributed by atoms with Crippen molar-refractivity contribution in [2.45, 2.75) is 25.9 Å². The summed E-state index contributed by atoms with van der Waals surface area (Å²) in [5, 5.41) is 3.26. The summed E-state index contributed by atoms with van der Waals surface area (Å²) in [7, 11) is 0. The lowest BCUT2D eigenvalue weighted by atomic mass is 10.1. The Balaban J connectivity index is 1.60. The highest BCUT2D eigenvalue weighted by Gasteiger charge is 2.46. The molecule has 1 heterocycles. The van der Waals surface area contributed by atoms with Crippen molar-refractivity contribution in [1.29, 1.82) is 0 Å². The van der Waals surface area contributed by atoms with Gasteiger partial charge < -0.3 is 10.2 Å². The molecule has 4 amide bonds. The van der Waals surface area contributed by atoms with E-state index in [1.807, 2.05) is 13.0 Å². The summed E-state index contributed by atoms with van der Waals surface area (Å²) in [5.74, 6) is -1.31. The first-order valence-electron chi connectivity index (χ1n) is 10.3. The van der Waals surface area contributed by atoms with E-state index in [0.29, 0.717) is 22.0 Å². The molecule has 1 saturated heterocycles. The Hall–Kier alpha value is -3.71. The Kier molecular flexibility index (Phi) is 6.42. The highest BCUT2D eigenvalue weighted by Crippen LogP contribution is 2.29. The number of anilines is 2. The lowest BCUT2D eigenvalue weighted by molar-refractivity contribution is -0.124. The van der Waals surface area contributed by atoms with E-state index in [-0.39, 0.29) is 13.0 Å². The lowest BCUT2D eigenvalue weighted by Gasteiger charge is -2.21. The van der Waals surface area contributed by atoms with Crippen molar-refractivity contribution in [2.75, 3.05) is 10.2 Å². The molecule has 1 aliphatic rings. The number of hydrogen-bond acceptors (Lipinski definition) is 3. The highest BCUT2D eigenvalue weighted by molar-refractivity contribution is 6.30. The molecule has 1 aliphatic heterocycles. The van der Waals surface area contributed by atoms with Crippen LogP contribution in [0, 0.1) is 12.7 Å². The minimum atomic E-state index is -1.00. The Morgan fingerprint density at radius 2 is 1.73 bits per heavy atom. The number of nitrogens with zero attached hydrogens (tertiary/aromatic N) is 2. The lowest BCUT2D eigenvalue weighted by Crippen LogP contribution is -2.37. The summed E-state index contributed by atoms with van der Waals surface area (Å²) >= 11 is 5.88. The number of urea groups is 1. The Morgan fingerprint density at radius 3 is 2.39 bits per heavy atom. The number of hydrogen-bond donors (Lipinski definition) is 1. The molecule has 3 aromatic rings. The largest absolute Gasteiger partial charge is 0.332 e. The molecule has 8 heteroatoms. The van der Waals surface area contributed by atoms with Gasteiger partial charge in [-0.3, -0.25) is 9.59 Å². The van der Waals surface area contributed by atoms with Crippen molar-refractivity contribution in [3.8, 4) is 0 Å². The van der Waals surface area contributed by atoms with E-state index in [1.54, 1.807) is 54.6 Å². The third-order valence-electron chi connectivity index (χ3n) is 5.35. The van der Waals surface area contributed by atoms with Gasteiger partial charge in [0.05, 0.1) is 12.1 Å². The quantitative estimate of drug-likeness (QED) is 0.511. The van der Waals surface area contributed by atoms with Crippen molar-refractivity contribution in [3.63, 3.8) is 0 Å². The van der Waals surface area contributed by atoms with E-state index in [1.165, 1.54) is 17.0 Å². The minimum Gasteiger partial charge on any atom is -0.326 e. The first-order chi connectivity index (χ1) is 15.8. The number of rotatable bonds is 6. The average Bonchev–Trinajstić information content (AvgIpc) is 3.00. The van der Waals surface area contributed by atoms with Crippen LogP contribution >= 0.6 is 11.6 Å². The molecule has 6 nitrogen and oxygen atoms in total. The Labute approximate surface area is 195 Å². The van der Waals surface area contributed by atoms with Crippen LogP contribution in [-0.4, -0.2) is 28.8 Å². The van der Waals surface area contributed by atoms with Crippen LogP contribution < -0.4 is 10.2 Å². The zero-order chi connectivity index (χ0) is 23.5. The molecule has 0 aliphatic carbocycles. The molecular formula is C25H21ClFN3O3. The van der Waals surface area contributed by atoms with Crippen LogP contribution in [0.5, 0.6) is 0 Å². The van der Waals surface area contributed by atoms with Gasteiger partial charge in [-0.15, -0.1) is 0 Å². The van der Waals surface area contributed by atoms with Crippen molar-refractivity contribution >= 4 is 40.8 Å². The van der Waals surface area contributed by atoms with Crippen LogP contribution in [0.1, 0.15) is 17.5 Å². The fourth-order valence-corrected chi connectivity index (χ4v) is 3.85. The number of nitrogens with one attached hydrogen (secondary N) is 1. The maximum atomic E-state index is 13.3. The molecule has 168 valence electrons. The molecule has 0 bridgehead atoms. The van der Waals surface area contributed by atoms with Gasteiger partial charge in [0, 0.05) is 17.3 Å². The highest BCUT2D eigenvalue weighted by atomic mass is 35.5. The van der Waals surface area contributed by atoms with E-state index >= 15 is 0 Å². The molecule has 3 aromatic carbocycles. The number of carbonyl (C=O) groups is 3. The summed E-state index contributed by atoms with van der Waals surface area (Å²) < 4.78 is 13.3. The zero-order valence-electron chi connectivity index (χ0n) is 17.8. The van der Waals surface area contributed by atoms with E-state index in [9.17, 15) is 18.8 Å². The maximum absolute atomic E-state index is 13.3. The van der Waals surface area contributed by atoms with Crippen LogP contribution in [0.15, 0.2) is 72.8 Å². The maximum Gasteiger partial charge on any atom is 0.332 e. The number of carbonyl (C=O) groups excluding carboxylic acids is 3. The van der Waals surface area contributed by atoms with Gasteiger partial charge in [0.15, 0.2) is 0 Å². The molecule has 0 spiro atoms. The van der Waals surface area contributed by atoms with Crippen LogP contribution in [-0.2, 0) is 16.1 Å². The van der Waals surface area contributed by atoms with E-state index in [0.717, 1.165) is 10.5 Å². The number of benzene rings is 3. The van der Waals surface area contributed by atoms with Gasteiger partial charge in [-0.1, -0.05) is 35.9 Å². The van der Waals surface area contributed by atoms with Crippen molar-refractivity contribution in [1.82, 2.24) is 4.90 Å². The molecule has 1 fully saturated rings. The topological polar surface area (TPSA) is 69.7 Å². The molecular weight excluding hydrogens is 445 g/mol.